The number of carbonyl (C=O) groups is 1. The Kier molecular flexibility index (Phi) is 4.50. The number of carbonyl (C=O) groups excluding carboxylic acids is 1. The second kappa shape index (κ2) is 6.51. The van der Waals surface area contributed by atoms with Gasteiger partial charge in [0.2, 0.25) is 0 Å². The van der Waals surface area contributed by atoms with E-state index in [9.17, 15) is 14.9 Å². The van der Waals surface area contributed by atoms with Gasteiger partial charge in [0.1, 0.15) is 11.5 Å². The van der Waals surface area contributed by atoms with Gasteiger partial charge in [-0.05, 0) is 24.3 Å². The van der Waals surface area contributed by atoms with Crippen LogP contribution in [0, 0.1) is 10.1 Å². The van der Waals surface area contributed by atoms with Crippen LogP contribution in [0.5, 0.6) is 11.5 Å². The summed E-state index contributed by atoms with van der Waals surface area (Å²) >= 11 is 0. The number of nitro groups is 1. The van der Waals surface area contributed by atoms with Crippen LogP contribution in [-0.4, -0.2) is 24.4 Å². The van der Waals surface area contributed by atoms with E-state index in [0.717, 1.165) is 0 Å². The number of Topliss-reactive ketones (excluding diaryl/α,β-unsaturated/α-hetero) is 1. The minimum absolute atomic E-state index is 0.120. The molecule has 0 bridgehead atoms. The van der Waals surface area contributed by atoms with Gasteiger partial charge in [0.25, 0.3) is 5.69 Å². The van der Waals surface area contributed by atoms with Gasteiger partial charge in [-0.1, -0.05) is 12.1 Å². The number of ether oxygens (including phenoxy) is 2. The molecule has 0 spiro atoms. The van der Waals surface area contributed by atoms with Crippen molar-refractivity contribution in [2.75, 3.05) is 13.7 Å². The van der Waals surface area contributed by atoms with Crippen LogP contribution in [0.15, 0.2) is 48.5 Å². The maximum Gasteiger partial charge on any atom is 0.270 e. The molecule has 2 rings (SSSR count). The third-order valence-electron chi connectivity index (χ3n) is 2.81. The highest BCUT2D eigenvalue weighted by Crippen LogP contribution is 2.18. The zero-order valence-corrected chi connectivity index (χ0v) is 11.3. The number of rotatable bonds is 6. The SMILES string of the molecule is COc1ccc(OCC(=O)c2cccc([N+](=O)[O-])c2)cc1. The van der Waals surface area contributed by atoms with E-state index in [1.807, 2.05) is 0 Å². The molecule has 0 fully saturated rings. The Bertz CT molecular complexity index is 651. The third-order valence-corrected chi connectivity index (χ3v) is 2.81. The quantitative estimate of drug-likeness (QED) is 0.463. The molecule has 2 aromatic rings. The molecule has 0 aromatic heterocycles. The van der Waals surface area contributed by atoms with Crippen LogP contribution < -0.4 is 9.47 Å². The zero-order chi connectivity index (χ0) is 15.2. The molecule has 0 aliphatic carbocycles. The fourth-order valence-corrected chi connectivity index (χ4v) is 1.70. The van der Waals surface area contributed by atoms with Gasteiger partial charge >= 0.3 is 0 Å². The lowest BCUT2D eigenvalue weighted by Gasteiger charge is -2.06. The lowest BCUT2D eigenvalue weighted by Crippen LogP contribution is -2.11. The molecule has 6 heteroatoms. The van der Waals surface area contributed by atoms with Crippen LogP contribution in [0.1, 0.15) is 10.4 Å². The van der Waals surface area contributed by atoms with Crippen molar-refractivity contribution in [1.29, 1.82) is 0 Å². The first-order valence-electron chi connectivity index (χ1n) is 6.14. The van der Waals surface area contributed by atoms with E-state index in [1.165, 1.54) is 24.3 Å². The Balaban J connectivity index is 2.00. The van der Waals surface area contributed by atoms with Crippen molar-refractivity contribution in [2.24, 2.45) is 0 Å². The number of methoxy groups -OCH3 is 1. The summed E-state index contributed by atoms with van der Waals surface area (Å²) in [7, 11) is 1.56. The maximum absolute atomic E-state index is 11.9. The molecule has 0 N–H and O–H groups in total. The van der Waals surface area contributed by atoms with E-state index >= 15 is 0 Å². The van der Waals surface area contributed by atoms with Crippen LogP contribution in [-0.2, 0) is 0 Å². The predicted octanol–water partition coefficient (Wildman–Crippen LogP) is 2.87. The maximum atomic E-state index is 11.9. The topological polar surface area (TPSA) is 78.7 Å². The largest absolute Gasteiger partial charge is 0.497 e. The minimum Gasteiger partial charge on any atom is -0.497 e. The van der Waals surface area contributed by atoms with Gasteiger partial charge < -0.3 is 9.47 Å². The lowest BCUT2D eigenvalue weighted by molar-refractivity contribution is -0.384. The number of nitrogens with zero attached hydrogens (tertiary/aromatic N) is 1. The molecule has 0 amide bonds. The van der Waals surface area contributed by atoms with Crippen LogP contribution in [0.2, 0.25) is 0 Å². The van der Waals surface area contributed by atoms with Crippen LogP contribution in [0.4, 0.5) is 5.69 Å². The van der Waals surface area contributed by atoms with Gasteiger partial charge in [-0.2, -0.15) is 0 Å². The minimum atomic E-state index is -0.541. The molecule has 0 heterocycles. The van der Waals surface area contributed by atoms with Gasteiger partial charge in [-0.15, -0.1) is 0 Å². The van der Waals surface area contributed by atoms with Crippen molar-refractivity contribution >= 4 is 11.5 Å². The summed E-state index contributed by atoms with van der Waals surface area (Å²) < 4.78 is 10.4. The van der Waals surface area contributed by atoms with Crippen LogP contribution in [0.25, 0.3) is 0 Å². The van der Waals surface area contributed by atoms with E-state index in [2.05, 4.69) is 0 Å². The molecule has 108 valence electrons. The van der Waals surface area contributed by atoms with Crippen molar-refractivity contribution in [2.45, 2.75) is 0 Å². The summed E-state index contributed by atoms with van der Waals surface area (Å²) in [4.78, 5) is 22.1. The molecule has 0 radical (unpaired) electrons. The summed E-state index contributed by atoms with van der Waals surface area (Å²) in [5.41, 5.74) is 0.128. The molecule has 6 nitrogen and oxygen atoms in total. The van der Waals surface area contributed by atoms with Crippen LogP contribution >= 0.6 is 0 Å². The summed E-state index contributed by atoms with van der Waals surface area (Å²) in [6, 6.07) is 12.4. The standard InChI is InChI=1S/C15H13NO5/c1-20-13-5-7-14(8-6-13)21-10-15(17)11-3-2-4-12(9-11)16(18)19/h2-9H,10H2,1H3. The molecule has 0 saturated heterocycles. The number of nitro benzene ring substituents is 1. The molecule has 0 atom stereocenters. The molecule has 0 aliphatic heterocycles. The Morgan fingerprint density at radius 2 is 1.81 bits per heavy atom. The number of benzene rings is 2. The Morgan fingerprint density at radius 1 is 1.14 bits per heavy atom. The van der Waals surface area contributed by atoms with Crippen molar-refractivity contribution < 1.29 is 19.2 Å². The third kappa shape index (κ3) is 3.79. The molecule has 21 heavy (non-hydrogen) atoms. The van der Waals surface area contributed by atoms with E-state index in [-0.39, 0.29) is 23.6 Å². The van der Waals surface area contributed by atoms with Crippen molar-refractivity contribution in [3.8, 4) is 11.5 Å². The number of hydrogen-bond donors (Lipinski definition) is 0. The summed E-state index contributed by atoms with van der Waals surface area (Å²) in [5, 5.41) is 10.7. The monoisotopic (exact) mass is 287 g/mol. The molecule has 0 saturated carbocycles. The summed E-state index contributed by atoms with van der Waals surface area (Å²) in [6.07, 6.45) is 0. The zero-order valence-electron chi connectivity index (χ0n) is 11.3. The Labute approximate surface area is 121 Å². The van der Waals surface area contributed by atoms with Gasteiger partial charge in [0.05, 0.1) is 12.0 Å². The molecule has 2 aromatic carbocycles. The fourth-order valence-electron chi connectivity index (χ4n) is 1.70. The first-order valence-corrected chi connectivity index (χ1v) is 6.14. The number of non-ortho nitro benzene ring substituents is 1. The average Bonchev–Trinajstić information content (AvgIpc) is 2.53. The second-order valence-electron chi connectivity index (χ2n) is 4.19. The molecule has 0 unspecified atom stereocenters. The normalized spacial score (nSPS) is 9.95. The number of hydrogen-bond acceptors (Lipinski definition) is 5. The van der Waals surface area contributed by atoms with E-state index < -0.39 is 4.92 Å². The van der Waals surface area contributed by atoms with Crippen molar-refractivity contribution in [1.82, 2.24) is 0 Å². The predicted molar refractivity (Wildman–Crippen MR) is 75.9 cm³/mol. The average molecular weight is 287 g/mol. The summed E-state index contributed by atoms with van der Waals surface area (Å²) in [6.45, 7) is -0.187. The molecular formula is C15H13NO5. The first kappa shape index (κ1) is 14.5. The van der Waals surface area contributed by atoms with E-state index in [1.54, 1.807) is 31.4 Å². The van der Waals surface area contributed by atoms with E-state index in [4.69, 9.17) is 9.47 Å². The molecular weight excluding hydrogens is 274 g/mol. The fraction of sp³-hybridized carbons (Fsp3) is 0.133. The summed E-state index contributed by atoms with van der Waals surface area (Å²) in [5.74, 6) is 0.886. The van der Waals surface area contributed by atoms with Crippen molar-refractivity contribution in [3.63, 3.8) is 0 Å². The molecule has 0 aliphatic rings. The van der Waals surface area contributed by atoms with Crippen LogP contribution in [0.3, 0.4) is 0 Å². The van der Waals surface area contributed by atoms with E-state index in [0.29, 0.717) is 11.5 Å². The van der Waals surface area contributed by atoms with Gasteiger partial charge in [-0.25, -0.2) is 0 Å². The Morgan fingerprint density at radius 3 is 2.43 bits per heavy atom. The lowest BCUT2D eigenvalue weighted by atomic mass is 10.1. The Hall–Kier alpha value is -2.89. The highest BCUT2D eigenvalue weighted by Gasteiger charge is 2.12. The second-order valence-corrected chi connectivity index (χ2v) is 4.19. The van der Waals surface area contributed by atoms with Gasteiger partial charge in [0, 0.05) is 17.7 Å². The van der Waals surface area contributed by atoms with Crippen molar-refractivity contribution in [3.05, 3.63) is 64.2 Å². The van der Waals surface area contributed by atoms with Gasteiger partial charge in [0.15, 0.2) is 12.4 Å². The highest BCUT2D eigenvalue weighted by molar-refractivity contribution is 5.97. The van der Waals surface area contributed by atoms with Gasteiger partial charge in [-0.3, -0.25) is 14.9 Å². The smallest absolute Gasteiger partial charge is 0.270 e. The first-order chi connectivity index (χ1) is 10.1. The highest BCUT2D eigenvalue weighted by atomic mass is 16.6. The number of ketones is 1.